The number of hydrogen-bond donors (Lipinski definition) is 9. The number of quaternary nitrogens is 4. The molecule has 212 valence electrons. The Morgan fingerprint density at radius 3 is 1.29 bits per heavy atom. The smallest absolute Gasteiger partial charge is 0.137 e. The van der Waals surface area contributed by atoms with Crippen LogP contribution in [0, 0.1) is 0 Å². The van der Waals surface area contributed by atoms with E-state index in [9.17, 15) is 44.7 Å². The van der Waals surface area contributed by atoms with Crippen molar-refractivity contribution in [3.8, 4) is 0 Å². The van der Waals surface area contributed by atoms with Gasteiger partial charge in [-0.25, -0.2) is 0 Å². The molecule has 35 heavy (non-hydrogen) atoms. The maximum Gasteiger partial charge on any atom is 0.137 e. The number of carbonyl (C=O) groups excluding carboxylic acids is 4. The number of carbonyl (C=O) groups is 4. The number of alkyl halides is 1. The van der Waals surface area contributed by atoms with Crippen LogP contribution in [0.3, 0.4) is 0 Å². The summed E-state index contributed by atoms with van der Waals surface area (Å²) in [4.78, 5) is 39.9. The Morgan fingerprint density at radius 1 is 0.743 bits per heavy atom. The first-order chi connectivity index (χ1) is 15.1. The van der Waals surface area contributed by atoms with Crippen molar-refractivity contribution in [2.45, 2.75) is 62.1 Å². The van der Waals surface area contributed by atoms with Crippen molar-refractivity contribution in [3.05, 3.63) is 0 Å². The highest BCUT2D eigenvalue weighted by molar-refractivity contribution is 6.18. The molecule has 0 radical (unpaired) electrons. The van der Waals surface area contributed by atoms with Gasteiger partial charge in [0.1, 0.15) is 23.9 Å². The Morgan fingerprint density at radius 2 is 1.09 bits per heavy atom. The third-order valence-corrected chi connectivity index (χ3v) is 4.14. The topological polar surface area (TPSA) is 390 Å². The van der Waals surface area contributed by atoms with Gasteiger partial charge in [-0.3, -0.25) is 0 Å². The van der Waals surface area contributed by atoms with Crippen molar-refractivity contribution >= 4 is 35.5 Å². The summed E-state index contributed by atoms with van der Waals surface area (Å²) < 4.78 is 0. The van der Waals surface area contributed by atoms with Crippen LogP contribution in [0.4, 0.5) is 0 Å². The number of aliphatic carboxylic acids is 4. The molecule has 0 rings (SSSR count). The SMILES string of the molecule is O=C([O-])C(O)C(O)(C[C@H](O)CCl)C(=O)[O-].O=C([O-])C(O)C(O)C(=O)[O-].[NH3+]CCCCCC[NH3+].[NH4+].[NH4+]. The number of hydrogen-bond acceptors (Lipinski definition) is 13. The lowest BCUT2D eigenvalue weighted by Gasteiger charge is -2.35. The molecule has 0 aliphatic carbocycles. The Bertz CT molecular complexity index is 578. The van der Waals surface area contributed by atoms with Gasteiger partial charge in [0.05, 0.1) is 43.1 Å². The summed E-state index contributed by atoms with van der Waals surface area (Å²) >= 11 is 5.13. The van der Waals surface area contributed by atoms with Crippen LogP contribution in [0.1, 0.15) is 32.1 Å². The summed E-state index contributed by atoms with van der Waals surface area (Å²) in [5, 5.41) is 83.5. The second kappa shape index (κ2) is 23.5. The van der Waals surface area contributed by atoms with Crippen molar-refractivity contribution in [3.63, 3.8) is 0 Å². The lowest BCUT2D eigenvalue weighted by atomic mass is 9.90. The number of aliphatic hydroxyl groups excluding tert-OH is 4. The normalized spacial score (nSPS) is 14.9. The Kier molecular flexibility index (Phi) is 28.9. The Balaban J connectivity index is -0.000000132. The Labute approximate surface area is 206 Å². The van der Waals surface area contributed by atoms with Crippen LogP contribution >= 0.6 is 11.6 Å². The highest BCUT2D eigenvalue weighted by atomic mass is 35.5. The average Bonchev–Trinajstić information content (AvgIpc) is 2.75. The molecule has 0 spiro atoms. The standard InChI is InChI=1S/C7H11ClO7.C6H16N2.C4H6O6.2H3N/c8-2-3(9)1-7(15,6(13)14)4(10)5(11)12;7-5-3-1-2-4-6-8;5-1(3(7)8)2(6)4(9)10;;/h3-4,9-10,15H,1-2H2,(H,11,12)(H,13,14);1-8H2;1-2,5-6H,(H,7,8)(H,9,10);2*1H3/t3-,4?,7?;;;;/m0..../s1. The summed E-state index contributed by atoms with van der Waals surface area (Å²) in [5.74, 6) is -8.98. The number of halogens is 1. The first-order valence-electron chi connectivity index (χ1n) is 9.56. The molecule has 5 atom stereocenters. The van der Waals surface area contributed by atoms with Crippen LogP contribution in [0.15, 0.2) is 0 Å². The van der Waals surface area contributed by atoms with Crippen LogP contribution in [0.25, 0.3) is 0 Å². The van der Waals surface area contributed by atoms with Crippen LogP contribution in [-0.4, -0.2) is 98.4 Å². The maximum atomic E-state index is 10.5. The van der Waals surface area contributed by atoms with Gasteiger partial charge in [-0.2, -0.15) is 0 Å². The quantitative estimate of drug-likeness (QED) is 0.0727. The van der Waals surface area contributed by atoms with E-state index in [1.807, 2.05) is 0 Å². The molecule has 18 heteroatoms. The monoisotopic (exact) mass is 542 g/mol. The first-order valence-corrected chi connectivity index (χ1v) is 10.1. The van der Waals surface area contributed by atoms with E-state index in [1.165, 1.54) is 25.7 Å². The largest absolute Gasteiger partial charge is 0.547 e. The summed E-state index contributed by atoms with van der Waals surface area (Å²) in [6.45, 7) is 2.19. The molecule has 19 N–H and O–H groups in total. The van der Waals surface area contributed by atoms with Crippen molar-refractivity contribution in [1.82, 2.24) is 12.3 Å². The van der Waals surface area contributed by atoms with E-state index < -0.39 is 66.2 Å². The fourth-order valence-electron chi connectivity index (χ4n) is 1.88. The van der Waals surface area contributed by atoms with E-state index >= 15 is 0 Å². The molecular weight excluding hydrogens is 504 g/mol. The maximum absolute atomic E-state index is 10.5. The van der Waals surface area contributed by atoms with Crippen molar-refractivity contribution in [2.75, 3.05) is 19.0 Å². The minimum Gasteiger partial charge on any atom is -0.547 e. The summed E-state index contributed by atoms with van der Waals surface area (Å²) in [7, 11) is 0. The van der Waals surface area contributed by atoms with E-state index in [2.05, 4.69) is 11.5 Å². The predicted molar refractivity (Wildman–Crippen MR) is 110 cm³/mol. The molecule has 0 saturated carbocycles. The molecule has 0 aliphatic heterocycles. The molecule has 0 aromatic heterocycles. The third kappa shape index (κ3) is 19.8. The van der Waals surface area contributed by atoms with Crippen LogP contribution in [-0.2, 0) is 19.2 Å². The van der Waals surface area contributed by atoms with E-state index in [-0.39, 0.29) is 12.3 Å². The molecule has 17 nitrogen and oxygen atoms in total. The lowest BCUT2D eigenvalue weighted by Crippen LogP contribution is -2.62. The van der Waals surface area contributed by atoms with Gasteiger partial charge >= 0.3 is 0 Å². The van der Waals surface area contributed by atoms with Crippen molar-refractivity contribution in [1.29, 1.82) is 0 Å². The summed E-state index contributed by atoms with van der Waals surface area (Å²) in [5.41, 5.74) is 4.40. The van der Waals surface area contributed by atoms with Crippen molar-refractivity contribution < 1.29 is 76.6 Å². The van der Waals surface area contributed by atoms with E-state index in [0.717, 1.165) is 13.1 Å². The third-order valence-electron chi connectivity index (χ3n) is 3.79. The summed E-state index contributed by atoms with van der Waals surface area (Å²) in [6.07, 6.45) is -4.79. The molecule has 0 amide bonds. The minimum atomic E-state index is -3.13. The van der Waals surface area contributed by atoms with Crippen molar-refractivity contribution in [2.24, 2.45) is 0 Å². The number of carboxylic acid groups (broad SMARTS) is 4. The number of unbranched alkanes of at least 4 members (excludes halogenated alkanes) is 3. The number of rotatable bonds is 14. The van der Waals surface area contributed by atoms with E-state index in [4.69, 9.17) is 32.0 Å². The summed E-state index contributed by atoms with van der Waals surface area (Å²) in [6, 6.07) is 0. The first kappa shape index (κ1) is 42.9. The zero-order valence-electron chi connectivity index (χ0n) is 19.8. The van der Waals surface area contributed by atoms with Crippen LogP contribution in [0.2, 0.25) is 0 Å². The van der Waals surface area contributed by atoms with Crippen LogP contribution < -0.4 is 44.2 Å². The van der Waals surface area contributed by atoms with Gasteiger partial charge in [0.15, 0.2) is 0 Å². The van der Waals surface area contributed by atoms with Gasteiger partial charge in [0.2, 0.25) is 0 Å². The predicted octanol–water partition coefficient (Wildman–Crippen LogP) is -9.44. The molecule has 0 aliphatic rings. The zero-order chi connectivity index (χ0) is 26.8. The van der Waals surface area contributed by atoms with Gasteiger partial charge in [-0.1, -0.05) is 0 Å². The van der Waals surface area contributed by atoms with Gasteiger partial charge in [0, 0.05) is 12.3 Å². The molecular formula is C17H39ClN4O13. The second-order valence-corrected chi connectivity index (χ2v) is 6.90. The minimum absolute atomic E-state index is 0. The Hall–Kier alpha value is -2.19. The number of aliphatic hydroxyl groups is 5. The molecule has 0 fully saturated rings. The number of carboxylic acids is 4. The highest BCUT2D eigenvalue weighted by Gasteiger charge is 2.40. The van der Waals surface area contributed by atoms with E-state index in [0.29, 0.717) is 0 Å². The second-order valence-electron chi connectivity index (χ2n) is 6.59. The zero-order valence-corrected chi connectivity index (χ0v) is 20.5. The van der Waals surface area contributed by atoms with Gasteiger partial charge in [-0.15, -0.1) is 11.6 Å². The highest BCUT2D eigenvalue weighted by Crippen LogP contribution is 2.18. The molecule has 0 bridgehead atoms. The molecule has 0 saturated heterocycles. The lowest BCUT2D eigenvalue weighted by molar-refractivity contribution is -0.371. The van der Waals surface area contributed by atoms with Gasteiger partial charge in [0.25, 0.3) is 0 Å². The fourth-order valence-corrected chi connectivity index (χ4v) is 1.99. The fraction of sp³-hybridized carbons (Fsp3) is 0.765. The van der Waals surface area contributed by atoms with Gasteiger partial charge in [-0.05, 0) is 25.7 Å². The average molecular weight is 543 g/mol. The molecule has 0 aromatic carbocycles. The van der Waals surface area contributed by atoms with E-state index in [1.54, 1.807) is 0 Å². The molecule has 0 heterocycles. The van der Waals surface area contributed by atoms with Gasteiger partial charge < -0.3 is 88.9 Å². The van der Waals surface area contributed by atoms with Crippen LogP contribution in [0.5, 0.6) is 0 Å². The molecule has 4 unspecified atom stereocenters. The molecule has 0 aromatic rings.